The molecule has 16 unspecified atom stereocenters. The van der Waals surface area contributed by atoms with E-state index in [0.29, 0.717) is 38.4 Å². The monoisotopic (exact) mass is 2340 g/mol. The second kappa shape index (κ2) is 57.8. The Morgan fingerprint density at radius 1 is 0.795 bits per heavy atom. The maximum atomic E-state index is 14.6. The number of nitrogens with one attached hydrogen (secondary N) is 8. The summed E-state index contributed by atoms with van der Waals surface area (Å²) in [6, 6.07) is 4.90. The third kappa shape index (κ3) is 33.5. The third-order valence-electron chi connectivity index (χ3n) is 23.4. The summed E-state index contributed by atoms with van der Waals surface area (Å²) in [6.45, 7) is 16.4. The van der Waals surface area contributed by atoms with Crippen molar-refractivity contribution in [1.29, 1.82) is 0 Å². The molecule has 1 aromatic heterocycles. The molecule has 16 N–H and O–H groups in total. The minimum Gasteiger partial charge on any atom is -0.492 e. The van der Waals surface area contributed by atoms with Crippen molar-refractivity contribution in [3.05, 3.63) is 115 Å². The lowest BCUT2D eigenvalue weighted by molar-refractivity contribution is -0.337. The number of hydrogen-bond acceptors (Lipinski definition) is 38. The second-order valence-corrected chi connectivity index (χ2v) is 41.5. The molecule has 9 amide bonds. The van der Waals surface area contributed by atoms with Crippen LogP contribution >= 0.6 is 87.8 Å². The number of aliphatic hydroxyl groups is 6. The number of benzene rings is 3. The fourth-order valence-corrected chi connectivity index (χ4v) is 20.6. The quantitative estimate of drug-likeness (QED) is 0.00539. The van der Waals surface area contributed by atoms with Crippen LogP contribution in [0.25, 0.3) is 11.0 Å². The Morgan fingerprint density at radius 2 is 1.47 bits per heavy atom. The van der Waals surface area contributed by atoms with Gasteiger partial charge in [-0.2, -0.15) is 5.48 Å². The number of Topliss-reactive ketones (excluding diaryl/α,β-unsaturated/α-hetero) is 1. The molecule has 0 saturated carbocycles. The molecule has 21 atom stereocenters. The van der Waals surface area contributed by atoms with E-state index >= 15 is 0 Å². The van der Waals surface area contributed by atoms with E-state index < -0.39 is 205 Å². The number of nitrogens with zero attached hydrogens (tertiary/aromatic N) is 3. The van der Waals surface area contributed by atoms with Gasteiger partial charge in [-0.25, -0.2) is 19.6 Å². The molecule has 0 spiro atoms. The Hall–Kier alpha value is -9.03. The Balaban J connectivity index is 0.794. The summed E-state index contributed by atoms with van der Waals surface area (Å²) < 4.78 is 83.2. The summed E-state index contributed by atoms with van der Waals surface area (Å²) in [5.41, 5.74) is 9.85. The standard InChI is InChI=1S/C96H127Br2IN12O32S3/c1-16-63(112)80(130-12)79(119)90(124)142-82-75(99)48(3)73(81(131-13)84(82)132-14)91(125)145-85-52(7)138-72(40-64(85)113)143-110-76-51(6)139-92(140-66-22-20-18-19-21-31-96(128)42-65(114)77(109-94(127)133-15)74(66)56(96)30-37-144-146-95(8,9)10)83(78(76)118)141-71-41-67(129-11)62(47-136-71)111(17-2)70(117)45-102-93(126)137-46-53-23-26-55(27-24-53)105-89(123)59(39-68(100)115)108-87(121)50(5)104-86(120)49(4)103-69(116)29-33-134-35-36-135-34-32-101-88(122)54-25-28-57-58(38-54)107-61(44-98)60(43-97)106-57/h18-19,23-28,30,38,49-52,59,62-64,66-67,71-72,76,78-80,83,85,90,92,110,112-113,118-119,124,128H,16-17,29,32-37,39-47H2,1-15H3,(H2,100,115)(H,101,122)(H,102,126)(H,103,116)(H,104,120)(H,105,123)(H,108,121)(H,109,127)/b19-18-,56-30+/t49-,50-,51?,52?,59-,62?,63?,64?,66-,67?,71?,72?,76?,78?,79?,80?,83?,85?,90?,92?,96-/m0/s1. The van der Waals surface area contributed by atoms with E-state index in [-0.39, 0.29) is 144 Å². The van der Waals surface area contributed by atoms with Gasteiger partial charge in [0, 0.05) is 90.1 Å². The maximum Gasteiger partial charge on any atom is 0.411 e. The molecular formula is C96H127Br2IN12O32S3. The number of hydrogen-bond donors (Lipinski definition) is 15. The van der Waals surface area contributed by atoms with Crippen molar-refractivity contribution in [3.63, 3.8) is 0 Å². The first kappa shape index (κ1) is 120. The van der Waals surface area contributed by atoms with Gasteiger partial charge in [0.15, 0.2) is 41.8 Å². The zero-order chi connectivity index (χ0) is 107. The van der Waals surface area contributed by atoms with Crippen LogP contribution in [0.15, 0.2) is 77.5 Å². The largest absolute Gasteiger partial charge is 0.492 e. The fourth-order valence-electron chi connectivity index (χ4n) is 15.8. The molecule has 44 nitrogen and oxygen atoms in total. The smallest absolute Gasteiger partial charge is 0.411 e. The summed E-state index contributed by atoms with van der Waals surface area (Å²) in [7, 11) is 9.26. The van der Waals surface area contributed by atoms with Gasteiger partial charge in [0.05, 0.1) is 152 Å². The summed E-state index contributed by atoms with van der Waals surface area (Å²) in [4.78, 5) is 165. The molecular weight excluding hydrogens is 2220 g/mol. The van der Waals surface area contributed by atoms with Crippen LogP contribution in [0, 0.1) is 34.2 Å². The van der Waals surface area contributed by atoms with E-state index in [1.54, 1.807) is 58.9 Å². The Morgan fingerprint density at radius 3 is 2.12 bits per heavy atom. The van der Waals surface area contributed by atoms with Crippen molar-refractivity contribution >= 4 is 169 Å². The Kier molecular flexibility index (Phi) is 47.7. The lowest BCUT2D eigenvalue weighted by atomic mass is 9.75. The molecule has 3 saturated heterocycles. The number of hydroxylamine groups is 1. The average Bonchev–Trinajstić information content (AvgIpc) is 0.751. The second-order valence-electron chi connectivity index (χ2n) is 35.0. The predicted molar refractivity (Wildman–Crippen MR) is 549 cm³/mol. The van der Waals surface area contributed by atoms with E-state index in [9.17, 15) is 83.4 Å². The highest BCUT2D eigenvalue weighted by Crippen LogP contribution is 2.49. The zero-order valence-corrected chi connectivity index (χ0v) is 90.9. The summed E-state index contributed by atoms with van der Waals surface area (Å²) in [5.74, 6) is 5.69. The van der Waals surface area contributed by atoms with E-state index in [1.807, 2.05) is 43.4 Å². The molecule has 3 aliphatic heterocycles. The molecule has 9 rings (SSSR count). The van der Waals surface area contributed by atoms with Gasteiger partial charge in [0.1, 0.15) is 61.8 Å². The molecule has 3 fully saturated rings. The van der Waals surface area contributed by atoms with Gasteiger partial charge >= 0.3 is 12.2 Å². The number of allylic oxidation sites excluding steroid dienone is 3. The van der Waals surface area contributed by atoms with Crippen molar-refractivity contribution in [1.82, 2.24) is 52.2 Å². The van der Waals surface area contributed by atoms with Crippen LogP contribution in [0.1, 0.15) is 144 Å². The number of carbonyl (C=O) groups is 11. The van der Waals surface area contributed by atoms with Gasteiger partial charge in [0.25, 0.3) is 5.91 Å². The van der Waals surface area contributed by atoms with Gasteiger partial charge in [0.2, 0.25) is 52.6 Å². The number of primary amides is 1. The minimum atomic E-state index is -2.20. The van der Waals surface area contributed by atoms with E-state index in [2.05, 4.69) is 108 Å². The molecule has 4 heterocycles. The number of alkyl halides is 2. The summed E-state index contributed by atoms with van der Waals surface area (Å²) in [5, 5.41) is 87.4. The zero-order valence-electron chi connectivity index (χ0n) is 83.1. The molecule has 50 heteroatoms. The molecule has 4 aromatic rings. The number of thioether (sulfide) groups is 1. The number of carbonyl (C=O) groups excluding carboxylic acids is 11. The third-order valence-corrected chi connectivity index (χ3v) is 30.4. The number of halogens is 3. The van der Waals surface area contributed by atoms with Crippen LogP contribution in [-0.2, 0) is 108 Å². The van der Waals surface area contributed by atoms with Gasteiger partial charge in [-0.1, -0.05) is 135 Å². The molecule has 2 bridgehead atoms. The first-order chi connectivity index (χ1) is 69.5. The van der Waals surface area contributed by atoms with Crippen LogP contribution in [0.4, 0.5) is 15.3 Å². The van der Waals surface area contributed by atoms with E-state index in [1.165, 1.54) is 105 Å². The molecule has 5 aliphatic rings. The lowest BCUT2D eigenvalue weighted by Gasteiger charge is -2.47. The first-order valence-electron chi connectivity index (χ1n) is 46.6. The van der Waals surface area contributed by atoms with Gasteiger partial charge in [-0.05, 0) is 124 Å². The van der Waals surface area contributed by atoms with Gasteiger partial charge in [-0.15, -0.1) is 0 Å². The van der Waals surface area contributed by atoms with E-state index in [4.69, 9.17) is 76.9 Å². The molecule has 3 aromatic carbocycles. The number of aliphatic hydroxyl groups excluding tert-OH is 5. The number of rotatable bonds is 50. The number of amides is 9. The minimum absolute atomic E-state index is 0.0147. The number of fused-ring (bicyclic) bond motifs is 3. The van der Waals surface area contributed by atoms with Gasteiger partial charge < -0.3 is 139 Å². The van der Waals surface area contributed by atoms with Crippen LogP contribution in [-0.4, -0.2) is 336 Å². The maximum absolute atomic E-state index is 14.6. The highest BCUT2D eigenvalue weighted by Gasteiger charge is 2.53. The highest BCUT2D eigenvalue weighted by atomic mass is 127. The van der Waals surface area contributed by atoms with Gasteiger partial charge in [-0.3, -0.25) is 53.3 Å². The normalized spacial score (nSPS) is 23.8. The van der Waals surface area contributed by atoms with Crippen LogP contribution in [0.2, 0.25) is 0 Å². The summed E-state index contributed by atoms with van der Waals surface area (Å²) in [6.07, 6.45) is -19.0. The molecule has 802 valence electrons. The van der Waals surface area contributed by atoms with Crippen molar-refractivity contribution in [2.24, 2.45) is 5.73 Å². The lowest BCUT2D eigenvalue weighted by Crippen LogP contribution is -2.65. The summed E-state index contributed by atoms with van der Waals surface area (Å²) >= 11 is 9.47. The van der Waals surface area contributed by atoms with Crippen LogP contribution in [0.5, 0.6) is 17.2 Å². The van der Waals surface area contributed by atoms with Crippen molar-refractivity contribution < 1.29 is 155 Å². The molecule has 2 aliphatic carbocycles. The SMILES string of the molecule is CCC(O)C(OC)C(O)C(O)Oc1c(I)c(C)c(C(=O)SC2C(O)CC(ONC3C(C)OC(O[C@H]4C#C/C=C\C#C[C@]5(O)CC(=O)C(NC(=O)OC)=C4/C5=C\CSSC(C)(C)C)C(OC4CC(OC)C(N(CC)C(=O)CNC(=O)OCc5ccc(NC(=O)[C@H](CC(N)=O)NC(=O)[C@H](C)NC(=O)[C@H](C)NC(=O)CCOCCOCCNC(=O)c6ccc7nc(CBr)c(CBr)nc7c6)cc5)CO4)C3O)OC2C)c(OC)c1OC. The number of nitrogens with two attached hydrogens (primary N) is 1. The topological polar surface area (TPSA) is 599 Å². The fraction of sp³-hybridized carbons (Fsp3) is 0.573. The average molecular weight is 2340 g/mol. The number of likely N-dealkylation sites (N-methyl/N-ethyl adjacent to an activating group) is 1. The van der Waals surface area contributed by atoms with Crippen molar-refractivity contribution in [3.8, 4) is 40.9 Å². The Labute approximate surface area is 887 Å². The highest BCUT2D eigenvalue weighted by molar-refractivity contribution is 14.1. The number of aromatic nitrogens is 2. The van der Waals surface area contributed by atoms with Crippen molar-refractivity contribution in [2.45, 2.75) is 257 Å². The van der Waals surface area contributed by atoms with Crippen molar-refractivity contribution in [2.75, 3.05) is 99.3 Å². The first-order valence-corrected chi connectivity index (χ1v) is 53.1. The Bertz CT molecular complexity index is 5470. The number of alkyl carbamates (subject to hydrolysis) is 2. The predicted octanol–water partition coefficient (Wildman–Crippen LogP) is 4.76. The van der Waals surface area contributed by atoms with Crippen LogP contribution in [0.3, 0.4) is 0 Å². The van der Waals surface area contributed by atoms with E-state index in [0.717, 1.165) is 30.3 Å². The molecule has 0 radical (unpaired) electrons. The molecule has 146 heavy (non-hydrogen) atoms. The number of ether oxygens (including phenoxy) is 14. The van der Waals surface area contributed by atoms with Crippen LogP contribution < -0.4 is 62.6 Å². The number of anilines is 1. The number of ketones is 1. The number of methoxy groups -OCH3 is 5.